The van der Waals surface area contributed by atoms with Crippen LogP contribution in [0.25, 0.3) is 19.5 Å². The van der Waals surface area contributed by atoms with Crippen molar-refractivity contribution in [1.29, 1.82) is 0 Å². The van der Waals surface area contributed by atoms with E-state index < -0.39 is 0 Å². The standard InChI is InChI=1S/C32H40N4S4/c1-2-8-26(34-22-24-10-12-28(38-24)30-14-16-32(40-30)36-19-5-6-20-36)25(7-1)33-21-23-9-11-27(37-23)29-13-15-31(39-29)35-17-3-4-18-35/h9-16,25-26,33-34H,1-8,17-22H2/t25-,26-/m1/s1. The molecule has 40 heavy (non-hydrogen) atoms. The van der Waals surface area contributed by atoms with Crippen LogP contribution < -0.4 is 20.4 Å². The predicted molar refractivity (Wildman–Crippen MR) is 178 cm³/mol. The molecule has 2 atom stereocenters. The smallest absolute Gasteiger partial charge is 0.0915 e. The number of rotatable bonds is 10. The molecule has 8 heteroatoms. The van der Waals surface area contributed by atoms with Crippen LogP contribution in [0, 0.1) is 0 Å². The van der Waals surface area contributed by atoms with Gasteiger partial charge in [-0.05, 0) is 87.1 Å². The third-order valence-electron chi connectivity index (χ3n) is 8.67. The summed E-state index contributed by atoms with van der Waals surface area (Å²) in [5.41, 5.74) is 0. The van der Waals surface area contributed by atoms with Gasteiger partial charge in [-0.3, -0.25) is 0 Å². The Morgan fingerprint density at radius 3 is 1.35 bits per heavy atom. The highest BCUT2D eigenvalue weighted by atomic mass is 32.1. The molecule has 3 fully saturated rings. The molecule has 2 N–H and O–H groups in total. The number of anilines is 2. The van der Waals surface area contributed by atoms with Crippen molar-refractivity contribution in [3.63, 3.8) is 0 Å². The molecule has 1 saturated carbocycles. The summed E-state index contributed by atoms with van der Waals surface area (Å²) in [6.45, 7) is 6.82. The van der Waals surface area contributed by atoms with E-state index in [0.29, 0.717) is 12.1 Å². The van der Waals surface area contributed by atoms with E-state index >= 15 is 0 Å². The van der Waals surface area contributed by atoms with Crippen LogP contribution >= 0.6 is 45.3 Å². The Morgan fingerprint density at radius 2 is 0.900 bits per heavy atom. The van der Waals surface area contributed by atoms with Crippen molar-refractivity contribution >= 4 is 55.3 Å². The summed E-state index contributed by atoms with van der Waals surface area (Å²) >= 11 is 7.84. The lowest BCUT2D eigenvalue weighted by molar-refractivity contribution is 0.282. The SMILES string of the molecule is c1cc(-c2ccc(N3CCCC3)s2)sc1CN[C@@H]1CCCC[C@H]1NCc1ccc(-c2ccc(N3CCCC3)s2)s1. The van der Waals surface area contributed by atoms with E-state index in [2.05, 4.69) is 69.0 Å². The largest absolute Gasteiger partial charge is 0.363 e. The molecule has 6 heterocycles. The van der Waals surface area contributed by atoms with Crippen LogP contribution in [0.5, 0.6) is 0 Å². The van der Waals surface area contributed by atoms with Crippen molar-refractivity contribution in [2.24, 2.45) is 0 Å². The topological polar surface area (TPSA) is 30.5 Å². The summed E-state index contributed by atoms with van der Waals surface area (Å²) < 4.78 is 0. The molecule has 212 valence electrons. The van der Waals surface area contributed by atoms with Gasteiger partial charge in [0.1, 0.15) is 0 Å². The van der Waals surface area contributed by atoms with E-state index in [9.17, 15) is 0 Å². The third kappa shape index (κ3) is 6.22. The van der Waals surface area contributed by atoms with Crippen LogP contribution in [0.15, 0.2) is 48.5 Å². The molecule has 2 aliphatic heterocycles. The number of thiophene rings is 4. The molecule has 4 aromatic rings. The molecular formula is C32H40N4S4. The number of nitrogens with one attached hydrogen (secondary N) is 2. The van der Waals surface area contributed by atoms with Gasteiger partial charge in [-0.2, -0.15) is 0 Å². The minimum absolute atomic E-state index is 0.544. The van der Waals surface area contributed by atoms with Crippen LogP contribution in [-0.2, 0) is 13.1 Å². The quantitative estimate of drug-likeness (QED) is 0.189. The van der Waals surface area contributed by atoms with Crippen LogP contribution in [0.1, 0.15) is 61.1 Å². The first kappa shape index (κ1) is 27.2. The van der Waals surface area contributed by atoms with Crippen molar-refractivity contribution in [2.45, 2.75) is 76.5 Å². The average molecular weight is 609 g/mol. The Morgan fingerprint density at radius 1 is 0.500 bits per heavy atom. The molecule has 7 rings (SSSR count). The van der Waals surface area contributed by atoms with Crippen LogP contribution in [0.4, 0.5) is 10.0 Å². The molecule has 0 spiro atoms. The number of hydrogen-bond acceptors (Lipinski definition) is 8. The zero-order chi connectivity index (χ0) is 26.7. The highest BCUT2D eigenvalue weighted by Gasteiger charge is 2.25. The van der Waals surface area contributed by atoms with Crippen molar-refractivity contribution in [3.8, 4) is 19.5 Å². The van der Waals surface area contributed by atoms with Crippen molar-refractivity contribution < 1.29 is 0 Å². The zero-order valence-corrected chi connectivity index (χ0v) is 26.5. The minimum atomic E-state index is 0.544. The Kier molecular flexibility index (Phi) is 8.61. The Labute approximate surface area is 255 Å². The summed E-state index contributed by atoms with van der Waals surface area (Å²) in [7, 11) is 0. The summed E-state index contributed by atoms with van der Waals surface area (Å²) in [4.78, 5) is 13.6. The van der Waals surface area contributed by atoms with E-state index in [0.717, 1.165) is 13.1 Å². The van der Waals surface area contributed by atoms with Gasteiger partial charge >= 0.3 is 0 Å². The van der Waals surface area contributed by atoms with E-state index in [-0.39, 0.29) is 0 Å². The first-order chi connectivity index (χ1) is 19.8. The fourth-order valence-corrected chi connectivity index (χ4v) is 10.6. The monoisotopic (exact) mass is 608 g/mol. The van der Waals surface area contributed by atoms with Crippen LogP contribution in [0.3, 0.4) is 0 Å². The maximum atomic E-state index is 3.94. The lowest BCUT2D eigenvalue weighted by Gasteiger charge is -2.33. The Hall–Kier alpha value is -1.68. The van der Waals surface area contributed by atoms with Crippen molar-refractivity contribution in [3.05, 3.63) is 58.3 Å². The summed E-state index contributed by atoms with van der Waals surface area (Å²) in [5.74, 6) is 0. The maximum absolute atomic E-state index is 3.94. The van der Waals surface area contributed by atoms with Gasteiger partial charge in [0, 0.05) is 80.6 Å². The van der Waals surface area contributed by atoms with Gasteiger partial charge in [0.2, 0.25) is 0 Å². The number of nitrogens with zero attached hydrogens (tertiary/aromatic N) is 2. The Balaban J connectivity index is 0.923. The molecule has 0 amide bonds. The molecule has 1 aliphatic carbocycles. The average Bonchev–Trinajstić information content (AvgIpc) is 3.83. The molecule has 4 nitrogen and oxygen atoms in total. The van der Waals surface area contributed by atoms with Crippen molar-refractivity contribution in [1.82, 2.24) is 10.6 Å². The normalized spacial score (nSPS) is 21.6. The van der Waals surface area contributed by atoms with E-state index in [1.54, 1.807) is 0 Å². The first-order valence-electron chi connectivity index (χ1n) is 15.1. The van der Waals surface area contributed by atoms with Crippen molar-refractivity contribution in [2.75, 3.05) is 36.0 Å². The molecule has 0 unspecified atom stereocenters. The van der Waals surface area contributed by atoms with Crippen LogP contribution in [0.2, 0.25) is 0 Å². The molecule has 2 saturated heterocycles. The highest BCUT2D eigenvalue weighted by molar-refractivity contribution is 7.24. The minimum Gasteiger partial charge on any atom is -0.363 e. The maximum Gasteiger partial charge on any atom is 0.0915 e. The van der Waals surface area contributed by atoms with Gasteiger partial charge in [0.15, 0.2) is 0 Å². The molecule has 3 aliphatic rings. The van der Waals surface area contributed by atoms with Gasteiger partial charge in [0.25, 0.3) is 0 Å². The van der Waals surface area contributed by atoms with E-state index in [1.807, 2.05) is 45.3 Å². The molecule has 0 radical (unpaired) electrons. The molecule has 4 aromatic heterocycles. The summed E-state index contributed by atoms with van der Waals surface area (Å²) in [5, 5.41) is 10.8. The third-order valence-corrected chi connectivity index (χ3v) is 13.5. The molecule has 0 aromatic carbocycles. The first-order valence-corrected chi connectivity index (χ1v) is 18.4. The Bertz CT molecular complexity index is 1270. The van der Waals surface area contributed by atoms with E-state index in [4.69, 9.17) is 0 Å². The van der Waals surface area contributed by atoms with Gasteiger partial charge in [0.05, 0.1) is 10.0 Å². The molecular weight excluding hydrogens is 569 g/mol. The van der Waals surface area contributed by atoms with Crippen LogP contribution in [-0.4, -0.2) is 38.3 Å². The molecule has 0 bridgehead atoms. The van der Waals surface area contributed by atoms with Gasteiger partial charge < -0.3 is 20.4 Å². The lowest BCUT2D eigenvalue weighted by Crippen LogP contribution is -2.49. The summed E-state index contributed by atoms with van der Waals surface area (Å²) in [6, 6.07) is 19.7. The van der Waals surface area contributed by atoms with E-state index in [1.165, 1.54) is 117 Å². The number of hydrogen-bond donors (Lipinski definition) is 2. The lowest BCUT2D eigenvalue weighted by atomic mass is 9.90. The second kappa shape index (κ2) is 12.7. The fourth-order valence-electron chi connectivity index (χ4n) is 6.43. The fraction of sp³-hybridized carbons (Fsp3) is 0.500. The van der Waals surface area contributed by atoms with Gasteiger partial charge in [-0.25, -0.2) is 0 Å². The van der Waals surface area contributed by atoms with Gasteiger partial charge in [-0.15, -0.1) is 45.3 Å². The zero-order valence-electron chi connectivity index (χ0n) is 23.2. The van der Waals surface area contributed by atoms with Gasteiger partial charge in [-0.1, -0.05) is 12.8 Å². The second-order valence-corrected chi connectivity index (χ2v) is 15.9. The predicted octanol–water partition coefficient (Wildman–Crippen LogP) is 8.66. The second-order valence-electron chi connectivity index (χ2n) is 11.5. The highest BCUT2D eigenvalue weighted by Crippen LogP contribution is 2.39. The summed E-state index contributed by atoms with van der Waals surface area (Å²) in [6.07, 6.45) is 10.5.